The molecule has 1 aliphatic rings. The van der Waals surface area contributed by atoms with Crippen LogP contribution in [-0.2, 0) is 13.0 Å². The SMILES string of the molecule is Cc1cc2nc(CN3CCCC[C@@H]3CCc3ccc(O)cc3)cc(=O)n2[nH]1. The van der Waals surface area contributed by atoms with E-state index in [-0.39, 0.29) is 5.56 Å². The van der Waals surface area contributed by atoms with Gasteiger partial charge in [-0.25, -0.2) is 9.50 Å². The molecular formula is C21H26N4O2. The first kappa shape index (κ1) is 17.8. The highest BCUT2D eigenvalue weighted by molar-refractivity contribution is 5.39. The second-order valence-corrected chi connectivity index (χ2v) is 7.54. The minimum absolute atomic E-state index is 0.0549. The predicted molar refractivity (Wildman–Crippen MR) is 105 cm³/mol. The van der Waals surface area contributed by atoms with Crippen molar-refractivity contribution in [1.82, 2.24) is 19.5 Å². The van der Waals surface area contributed by atoms with Crippen LogP contribution in [0.2, 0.25) is 0 Å². The lowest BCUT2D eigenvalue weighted by Crippen LogP contribution is -2.39. The summed E-state index contributed by atoms with van der Waals surface area (Å²) >= 11 is 0. The molecule has 0 amide bonds. The number of likely N-dealkylation sites (tertiary alicyclic amines) is 1. The van der Waals surface area contributed by atoms with Crippen molar-refractivity contribution in [2.45, 2.75) is 51.6 Å². The number of aromatic hydroxyl groups is 1. The van der Waals surface area contributed by atoms with E-state index in [0.717, 1.165) is 37.3 Å². The first-order valence-corrected chi connectivity index (χ1v) is 9.69. The third kappa shape index (κ3) is 4.06. The Morgan fingerprint density at radius 2 is 2.04 bits per heavy atom. The Balaban J connectivity index is 1.47. The van der Waals surface area contributed by atoms with Gasteiger partial charge in [0.2, 0.25) is 0 Å². The molecule has 3 heterocycles. The molecule has 1 fully saturated rings. The number of H-pyrrole nitrogens is 1. The summed E-state index contributed by atoms with van der Waals surface area (Å²) in [6.07, 6.45) is 5.70. The molecule has 142 valence electrons. The van der Waals surface area contributed by atoms with Crippen molar-refractivity contribution in [3.05, 3.63) is 63.7 Å². The van der Waals surface area contributed by atoms with Gasteiger partial charge < -0.3 is 5.11 Å². The van der Waals surface area contributed by atoms with Crippen molar-refractivity contribution in [1.29, 1.82) is 0 Å². The van der Waals surface area contributed by atoms with E-state index in [1.807, 2.05) is 25.1 Å². The summed E-state index contributed by atoms with van der Waals surface area (Å²) in [6, 6.07) is 11.5. The van der Waals surface area contributed by atoms with E-state index in [1.54, 1.807) is 18.2 Å². The van der Waals surface area contributed by atoms with Crippen molar-refractivity contribution in [2.75, 3.05) is 6.54 Å². The average Bonchev–Trinajstić information content (AvgIpc) is 3.03. The largest absolute Gasteiger partial charge is 0.508 e. The molecule has 3 aromatic rings. The number of phenols is 1. The van der Waals surface area contributed by atoms with Gasteiger partial charge in [0, 0.05) is 30.4 Å². The second kappa shape index (κ2) is 7.56. The van der Waals surface area contributed by atoms with Crippen LogP contribution in [0.5, 0.6) is 5.75 Å². The molecule has 0 spiro atoms. The van der Waals surface area contributed by atoms with E-state index in [9.17, 15) is 9.90 Å². The van der Waals surface area contributed by atoms with Crippen molar-refractivity contribution in [3.63, 3.8) is 0 Å². The number of phenolic OH excluding ortho intramolecular Hbond substituents is 1. The van der Waals surface area contributed by atoms with E-state index in [0.29, 0.717) is 17.4 Å². The van der Waals surface area contributed by atoms with Gasteiger partial charge in [0.05, 0.1) is 5.69 Å². The third-order valence-electron chi connectivity index (χ3n) is 5.45. The van der Waals surface area contributed by atoms with Gasteiger partial charge in [-0.1, -0.05) is 18.6 Å². The maximum Gasteiger partial charge on any atom is 0.272 e. The van der Waals surface area contributed by atoms with Crippen LogP contribution in [0.4, 0.5) is 0 Å². The summed E-state index contributed by atoms with van der Waals surface area (Å²) in [5.74, 6) is 0.311. The summed E-state index contributed by atoms with van der Waals surface area (Å²) < 4.78 is 1.50. The monoisotopic (exact) mass is 366 g/mol. The number of nitrogens with zero attached hydrogens (tertiary/aromatic N) is 3. The summed E-state index contributed by atoms with van der Waals surface area (Å²) in [7, 11) is 0. The van der Waals surface area contributed by atoms with Crippen molar-refractivity contribution in [3.8, 4) is 5.75 Å². The number of benzene rings is 1. The van der Waals surface area contributed by atoms with Crippen LogP contribution in [0.1, 0.15) is 42.6 Å². The molecule has 0 saturated carbocycles. The number of hydrogen-bond acceptors (Lipinski definition) is 4. The van der Waals surface area contributed by atoms with Crippen LogP contribution in [0.25, 0.3) is 5.65 Å². The minimum atomic E-state index is -0.0549. The highest BCUT2D eigenvalue weighted by atomic mass is 16.3. The van der Waals surface area contributed by atoms with Crippen molar-refractivity contribution >= 4 is 5.65 Å². The molecule has 2 aromatic heterocycles. The van der Waals surface area contributed by atoms with Crippen LogP contribution in [-0.4, -0.2) is 37.2 Å². The molecule has 0 radical (unpaired) electrons. The Kier molecular flexibility index (Phi) is 4.99. The number of aromatic nitrogens is 3. The molecule has 4 rings (SSSR count). The Morgan fingerprint density at radius 3 is 2.85 bits per heavy atom. The van der Waals surface area contributed by atoms with Crippen molar-refractivity contribution < 1.29 is 5.11 Å². The summed E-state index contributed by atoms with van der Waals surface area (Å²) in [5, 5.41) is 12.5. The fourth-order valence-electron chi connectivity index (χ4n) is 4.04. The Bertz CT molecular complexity index is 974. The average molecular weight is 366 g/mol. The molecule has 1 aliphatic heterocycles. The highest BCUT2D eigenvalue weighted by Gasteiger charge is 2.23. The molecule has 6 nitrogen and oxygen atoms in total. The molecule has 0 bridgehead atoms. The number of aryl methyl sites for hydroxylation is 2. The van der Waals surface area contributed by atoms with Gasteiger partial charge in [-0.2, -0.15) is 0 Å². The van der Waals surface area contributed by atoms with Crippen LogP contribution < -0.4 is 5.56 Å². The van der Waals surface area contributed by atoms with Gasteiger partial charge in [0.1, 0.15) is 5.75 Å². The number of hydrogen-bond donors (Lipinski definition) is 2. The van der Waals surface area contributed by atoms with Gasteiger partial charge in [0.15, 0.2) is 5.65 Å². The molecule has 27 heavy (non-hydrogen) atoms. The van der Waals surface area contributed by atoms with Gasteiger partial charge in [-0.3, -0.25) is 14.8 Å². The number of aromatic amines is 1. The number of fused-ring (bicyclic) bond motifs is 1. The first-order valence-electron chi connectivity index (χ1n) is 9.69. The quantitative estimate of drug-likeness (QED) is 0.728. The van der Waals surface area contributed by atoms with Gasteiger partial charge >= 0.3 is 0 Å². The minimum Gasteiger partial charge on any atom is -0.508 e. The fraction of sp³-hybridized carbons (Fsp3) is 0.429. The topological polar surface area (TPSA) is 73.6 Å². The lowest BCUT2D eigenvalue weighted by atomic mass is 9.95. The first-order chi connectivity index (χ1) is 13.1. The van der Waals surface area contributed by atoms with Gasteiger partial charge in [-0.05, 0) is 56.8 Å². The Labute approximate surface area is 158 Å². The van der Waals surface area contributed by atoms with Crippen molar-refractivity contribution in [2.24, 2.45) is 0 Å². The van der Waals surface area contributed by atoms with Crippen LogP contribution in [0.3, 0.4) is 0 Å². The fourth-order valence-corrected chi connectivity index (χ4v) is 4.04. The molecule has 1 atom stereocenters. The van der Waals surface area contributed by atoms with E-state index in [2.05, 4.69) is 15.0 Å². The standard InChI is InChI=1S/C21H26N4O2/c1-15-12-20-22-17(13-21(27)25(20)23-15)14-24-11-3-2-4-18(24)8-5-16-6-9-19(26)10-7-16/h6-7,9-10,12-13,18,23,26H,2-5,8,11,14H2,1H3/t18-/m1/s1. The Morgan fingerprint density at radius 1 is 1.22 bits per heavy atom. The molecule has 1 saturated heterocycles. The van der Waals surface area contributed by atoms with E-state index < -0.39 is 0 Å². The van der Waals surface area contributed by atoms with Crippen LogP contribution in [0.15, 0.2) is 41.2 Å². The summed E-state index contributed by atoms with van der Waals surface area (Å²) in [4.78, 5) is 19.5. The lowest BCUT2D eigenvalue weighted by molar-refractivity contribution is 0.131. The molecule has 0 unspecified atom stereocenters. The zero-order chi connectivity index (χ0) is 18.8. The van der Waals surface area contributed by atoms with Crippen LogP contribution in [0, 0.1) is 6.92 Å². The summed E-state index contributed by atoms with van der Waals surface area (Å²) in [5.41, 5.74) is 3.66. The maximum atomic E-state index is 12.3. The Hall–Kier alpha value is -2.60. The van der Waals surface area contributed by atoms with E-state index >= 15 is 0 Å². The molecular weight excluding hydrogens is 340 g/mol. The molecule has 1 aromatic carbocycles. The number of piperidine rings is 1. The molecule has 6 heteroatoms. The van der Waals surface area contributed by atoms with Crippen LogP contribution >= 0.6 is 0 Å². The van der Waals surface area contributed by atoms with E-state index in [1.165, 1.54) is 29.3 Å². The lowest BCUT2D eigenvalue weighted by Gasteiger charge is -2.35. The maximum absolute atomic E-state index is 12.3. The van der Waals surface area contributed by atoms with Gasteiger partial charge in [0.25, 0.3) is 5.56 Å². The number of rotatable bonds is 5. The highest BCUT2D eigenvalue weighted by Crippen LogP contribution is 2.23. The zero-order valence-corrected chi connectivity index (χ0v) is 15.7. The second-order valence-electron chi connectivity index (χ2n) is 7.54. The summed E-state index contributed by atoms with van der Waals surface area (Å²) in [6.45, 7) is 3.70. The van der Waals surface area contributed by atoms with Gasteiger partial charge in [-0.15, -0.1) is 0 Å². The number of nitrogens with one attached hydrogen (secondary N) is 1. The smallest absolute Gasteiger partial charge is 0.272 e. The zero-order valence-electron chi connectivity index (χ0n) is 15.7. The molecule has 0 aliphatic carbocycles. The predicted octanol–water partition coefficient (Wildman–Crippen LogP) is 3.02. The normalized spacial score (nSPS) is 18.2. The van der Waals surface area contributed by atoms with E-state index in [4.69, 9.17) is 0 Å². The third-order valence-corrected chi connectivity index (χ3v) is 5.45. The molecule has 2 N–H and O–H groups in total.